The second-order valence-electron chi connectivity index (χ2n) is 11.2. The van der Waals surface area contributed by atoms with Crippen molar-refractivity contribution in [2.45, 2.75) is 19.3 Å². The first-order valence-corrected chi connectivity index (χ1v) is 13.9. The van der Waals surface area contributed by atoms with Crippen LogP contribution in [-0.2, 0) is 5.41 Å². The van der Waals surface area contributed by atoms with Crippen molar-refractivity contribution in [1.82, 2.24) is 0 Å². The highest BCUT2D eigenvalue weighted by Crippen LogP contribution is 2.51. The summed E-state index contributed by atoms with van der Waals surface area (Å²) in [5, 5.41) is 2.52. The molecule has 0 amide bonds. The third kappa shape index (κ3) is 3.96. The van der Waals surface area contributed by atoms with Crippen LogP contribution < -0.4 is 9.80 Å². The molecule has 40 heavy (non-hydrogen) atoms. The Morgan fingerprint density at radius 3 is 1.52 bits per heavy atom. The predicted molar refractivity (Wildman–Crippen MR) is 171 cm³/mol. The van der Waals surface area contributed by atoms with E-state index in [4.69, 9.17) is 0 Å². The summed E-state index contributed by atoms with van der Waals surface area (Å²) in [5.41, 5.74) is 11.1. The summed E-state index contributed by atoms with van der Waals surface area (Å²) in [4.78, 5) is 4.64. The van der Waals surface area contributed by atoms with E-state index in [1.165, 1.54) is 50.1 Å². The Labute approximate surface area is 236 Å². The zero-order valence-electron chi connectivity index (χ0n) is 23.2. The number of para-hydroxylation sites is 2. The first kappa shape index (κ1) is 24.2. The summed E-state index contributed by atoms with van der Waals surface area (Å²) in [7, 11) is 2.16. The average molecular weight is 517 g/mol. The van der Waals surface area contributed by atoms with Gasteiger partial charge in [0.2, 0.25) is 0 Å². The van der Waals surface area contributed by atoms with E-state index in [0.29, 0.717) is 0 Å². The van der Waals surface area contributed by atoms with E-state index in [2.05, 4.69) is 170 Å². The van der Waals surface area contributed by atoms with Crippen molar-refractivity contribution in [3.8, 4) is 11.1 Å². The largest absolute Gasteiger partial charge is 0.345 e. The van der Waals surface area contributed by atoms with Crippen LogP contribution in [0.25, 0.3) is 21.9 Å². The Morgan fingerprint density at radius 2 is 0.900 bits per heavy atom. The molecule has 1 aliphatic carbocycles. The molecule has 0 unspecified atom stereocenters. The lowest BCUT2D eigenvalue weighted by Gasteiger charge is -2.28. The fraction of sp³-hybridized carbons (Fsp3) is 0.105. The molecule has 0 atom stereocenters. The minimum Gasteiger partial charge on any atom is -0.345 e. The first-order valence-electron chi connectivity index (χ1n) is 13.9. The number of anilines is 5. The van der Waals surface area contributed by atoms with E-state index < -0.39 is 0 Å². The van der Waals surface area contributed by atoms with Gasteiger partial charge in [0.25, 0.3) is 0 Å². The minimum absolute atomic E-state index is 0.125. The van der Waals surface area contributed by atoms with Crippen molar-refractivity contribution in [2.75, 3.05) is 16.8 Å². The zero-order valence-corrected chi connectivity index (χ0v) is 23.2. The summed E-state index contributed by atoms with van der Waals surface area (Å²) in [6.07, 6.45) is 0. The third-order valence-electron chi connectivity index (χ3n) is 8.44. The molecule has 0 aliphatic heterocycles. The van der Waals surface area contributed by atoms with Gasteiger partial charge in [-0.15, -0.1) is 0 Å². The Bertz CT molecular complexity index is 1800. The summed E-state index contributed by atoms with van der Waals surface area (Å²) in [5.74, 6) is 0. The van der Waals surface area contributed by atoms with Crippen molar-refractivity contribution in [2.24, 2.45) is 0 Å². The summed E-state index contributed by atoms with van der Waals surface area (Å²) < 4.78 is 0. The van der Waals surface area contributed by atoms with Crippen LogP contribution >= 0.6 is 0 Å². The van der Waals surface area contributed by atoms with Gasteiger partial charge < -0.3 is 9.80 Å². The van der Waals surface area contributed by atoms with Crippen LogP contribution in [0.1, 0.15) is 25.0 Å². The van der Waals surface area contributed by atoms with Gasteiger partial charge in [-0.1, -0.05) is 92.7 Å². The highest BCUT2D eigenvalue weighted by molar-refractivity contribution is 5.89. The lowest BCUT2D eigenvalue weighted by atomic mass is 9.82. The number of fused-ring (bicyclic) bond motifs is 4. The lowest BCUT2D eigenvalue weighted by Crippen LogP contribution is -2.17. The number of hydrogen-bond donors (Lipinski definition) is 0. The van der Waals surface area contributed by atoms with Gasteiger partial charge >= 0.3 is 0 Å². The number of nitrogens with zero attached hydrogens (tertiary/aromatic N) is 2. The second-order valence-corrected chi connectivity index (χ2v) is 11.2. The Balaban J connectivity index is 1.29. The van der Waals surface area contributed by atoms with Gasteiger partial charge in [0.05, 0.1) is 0 Å². The molecule has 0 aromatic heterocycles. The Hall–Kier alpha value is -4.82. The molecule has 0 saturated heterocycles. The molecule has 7 rings (SSSR count). The maximum atomic E-state index is 2.39. The van der Waals surface area contributed by atoms with Crippen molar-refractivity contribution in [3.05, 3.63) is 151 Å². The van der Waals surface area contributed by atoms with Crippen LogP contribution in [0.15, 0.2) is 140 Å². The Kier molecular flexibility index (Phi) is 5.71. The van der Waals surface area contributed by atoms with Crippen LogP contribution in [0.5, 0.6) is 0 Å². The molecule has 0 N–H and O–H groups in total. The van der Waals surface area contributed by atoms with Crippen LogP contribution in [0.3, 0.4) is 0 Å². The molecule has 0 bridgehead atoms. The SMILES string of the molecule is CN(c1ccc2c(c1)C(C)(C)c1cc(N(c3ccccc3)c3ccccc3)ccc1-2)c1ccc2ccccc2c1. The van der Waals surface area contributed by atoms with Gasteiger partial charge in [0.1, 0.15) is 0 Å². The molecular formula is C38H32N2. The highest BCUT2D eigenvalue weighted by Gasteiger charge is 2.36. The molecular weight excluding hydrogens is 484 g/mol. The third-order valence-corrected chi connectivity index (χ3v) is 8.44. The van der Waals surface area contributed by atoms with E-state index in [-0.39, 0.29) is 5.41 Å². The predicted octanol–water partition coefficient (Wildman–Crippen LogP) is 10.4. The second kappa shape index (κ2) is 9.43. The monoisotopic (exact) mass is 516 g/mol. The van der Waals surface area contributed by atoms with Gasteiger partial charge in [-0.3, -0.25) is 0 Å². The molecule has 194 valence electrons. The summed E-state index contributed by atoms with van der Waals surface area (Å²) in [6.45, 7) is 4.72. The molecule has 0 spiro atoms. The quantitative estimate of drug-likeness (QED) is 0.225. The van der Waals surface area contributed by atoms with E-state index >= 15 is 0 Å². The molecule has 0 heterocycles. The molecule has 0 saturated carbocycles. The Morgan fingerprint density at radius 1 is 0.425 bits per heavy atom. The van der Waals surface area contributed by atoms with Gasteiger partial charge in [-0.05, 0) is 93.7 Å². The van der Waals surface area contributed by atoms with Crippen molar-refractivity contribution >= 4 is 39.2 Å². The highest BCUT2D eigenvalue weighted by atomic mass is 15.1. The maximum absolute atomic E-state index is 2.39. The molecule has 0 radical (unpaired) electrons. The standard InChI is InChI=1S/C38H32N2/c1-38(2)36-25-32(39(3)31-19-18-27-12-10-11-13-28(27)24-31)20-22-34(36)35-23-21-33(26-37(35)38)40(29-14-6-4-7-15-29)30-16-8-5-9-17-30/h4-26H,1-3H3. The molecule has 1 aliphatic rings. The molecule has 6 aromatic carbocycles. The number of rotatable bonds is 5. The molecule has 2 heteroatoms. The topological polar surface area (TPSA) is 6.48 Å². The van der Waals surface area contributed by atoms with Gasteiger partial charge in [0.15, 0.2) is 0 Å². The fourth-order valence-corrected chi connectivity index (χ4v) is 6.20. The van der Waals surface area contributed by atoms with Crippen LogP contribution in [0.4, 0.5) is 28.4 Å². The first-order chi connectivity index (χ1) is 19.5. The molecule has 6 aromatic rings. The van der Waals surface area contributed by atoms with E-state index in [1.807, 2.05) is 0 Å². The number of hydrogen-bond acceptors (Lipinski definition) is 2. The van der Waals surface area contributed by atoms with E-state index in [0.717, 1.165) is 11.4 Å². The fourth-order valence-electron chi connectivity index (χ4n) is 6.20. The zero-order chi connectivity index (χ0) is 27.3. The smallest absolute Gasteiger partial charge is 0.0465 e. The molecule has 2 nitrogen and oxygen atoms in total. The van der Waals surface area contributed by atoms with Crippen molar-refractivity contribution in [1.29, 1.82) is 0 Å². The maximum Gasteiger partial charge on any atom is 0.0465 e. The van der Waals surface area contributed by atoms with E-state index in [1.54, 1.807) is 0 Å². The minimum atomic E-state index is -0.125. The van der Waals surface area contributed by atoms with Crippen LogP contribution in [0.2, 0.25) is 0 Å². The van der Waals surface area contributed by atoms with E-state index in [9.17, 15) is 0 Å². The van der Waals surface area contributed by atoms with Crippen molar-refractivity contribution in [3.63, 3.8) is 0 Å². The average Bonchev–Trinajstić information content (AvgIpc) is 3.23. The van der Waals surface area contributed by atoms with Gasteiger partial charge in [-0.2, -0.15) is 0 Å². The van der Waals surface area contributed by atoms with Gasteiger partial charge in [-0.25, -0.2) is 0 Å². The van der Waals surface area contributed by atoms with Crippen LogP contribution in [0, 0.1) is 0 Å². The number of benzene rings is 6. The van der Waals surface area contributed by atoms with Gasteiger partial charge in [0, 0.05) is 40.9 Å². The summed E-state index contributed by atoms with van der Waals surface area (Å²) >= 11 is 0. The normalized spacial score (nSPS) is 13.1. The van der Waals surface area contributed by atoms with Crippen LogP contribution in [-0.4, -0.2) is 7.05 Å². The molecule has 0 fully saturated rings. The summed E-state index contributed by atoms with van der Waals surface area (Å²) in [6, 6.07) is 50.4. The van der Waals surface area contributed by atoms with Crippen molar-refractivity contribution < 1.29 is 0 Å². The lowest BCUT2D eigenvalue weighted by molar-refractivity contribution is 0.660.